The Morgan fingerprint density at radius 3 is 2.85 bits per heavy atom. The molecule has 0 aliphatic rings. The number of ether oxygens (including phenoxy) is 1. The molecule has 20 heavy (non-hydrogen) atoms. The lowest BCUT2D eigenvalue weighted by atomic mass is 10.2. The van der Waals surface area contributed by atoms with Crippen LogP contribution >= 0.6 is 0 Å². The van der Waals surface area contributed by atoms with Gasteiger partial charge in [-0.1, -0.05) is 6.07 Å². The van der Waals surface area contributed by atoms with Gasteiger partial charge in [0.1, 0.15) is 5.69 Å². The molecule has 1 N–H and O–H groups in total. The van der Waals surface area contributed by atoms with E-state index in [9.17, 15) is 4.79 Å². The van der Waals surface area contributed by atoms with Crippen LogP contribution in [-0.2, 0) is 17.8 Å². The number of aromatic nitrogens is 3. The van der Waals surface area contributed by atoms with Gasteiger partial charge in [0.25, 0.3) is 5.56 Å². The highest BCUT2D eigenvalue weighted by atomic mass is 16.5. The quantitative estimate of drug-likeness (QED) is 0.838. The lowest BCUT2D eigenvalue weighted by Crippen LogP contribution is -2.30. The minimum atomic E-state index is -0.101. The van der Waals surface area contributed by atoms with Crippen molar-refractivity contribution < 1.29 is 4.74 Å². The second-order valence-electron chi connectivity index (χ2n) is 4.32. The Bertz CT molecular complexity index is 610. The van der Waals surface area contributed by atoms with Crippen molar-refractivity contribution in [1.82, 2.24) is 20.1 Å². The van der Waals surface area contributed by atoms with Crippen LogP contribution < -0.4 is 10.9 Å². The summed E-state index contributed by atoms with van der Waals surface area (Å²) in [7, 11) is 3.40. The van der Waals surface area contributed by atoms with Gasteiger partial charge >= 0.3 is 0 Å². The predicted octanol–water partition coefficient (Wildman–Crippen LogP) is 0.671. The Morgan fingerprint density at radius 1 is 1.35 bits per heavy atom. The van der Waals surface area contributed by atoms with Gasteiger partial charge in [0.2, 0.25) is 0 Å². The van der Waals surface area contributed by atoms with E-state index >= 15 is 0 Å². The second-order valence-corrected chi connectivity index (χ2v) is 4.32. The highest BCUT2D eigenvalue weighted by Crippen LogP contribution is 2.12. The van der Waals surface area contributed by atoms with Gasteiger partial charge < -0.3 is 10.1 Å². The van der Waals surface area contributed by atoms with Gasteiger partial charge in [-0.2, -0.15) is 5.10 Å². The first-order valence-electron chi connectivity index (χ1n) is 6.42. The molecule has 0 unspecified atom stereocenters. The molecule has 0 amide bonds. The van der Waals surface area contributed by atoms with E-state index < -0.39 is 0 Å². The van der Waals surface area contributed by atoms with Crippen LogP contribution in [0.5, 0.6) is 0 Å². The van der Waals surface area contributed by atoms with E-state index in [1.54, 1.807) is 26.4 Å². The highest BCUT2D eigenvalue weighted by molar-refractivity contribution is 5.53. The zero-order valence-electron chi connectivity index (χ0n) is 11.7. The Hall–Kier alpha value is -2.05. The van der Waals surface area contributed by atoms with E-state index in [1.807, 2.05) is 18.2 Å². The molecule has 0 atom stereocenters. The van der Waals surface area contributed by atoms with E-state index in [0.717, 1.165) is 5.69 Å². The Morgan fingerprint density at radius 2 is 2.20 bits per heavy atom. The molecule has 0 saturated heterocycles. The summed E-state index contributed by atoms with van der Waals surface area (Å²) >= 11 is 0. The normalized spacial score (nSPS) is 10.7. The SMILES string of the molecule is CNCc1cc(-c2ccccn2)nn(CCOC)c1=O. The summed E-state index contributed by atoms with van der Waals surface area (Å²) in [5.74, 6) is 0. The second kappa shape index (κ2) is 6.93. The molecule has 0 spiro atoms. The minimum absolute atomic E-state index is 0.101. The number of pyridine rings is 1. The molecule has 0 aliphatic heterocycles. The van der Waals surface area contributed by atoms with E-state index in [-0.39, 0.29) is 5.56 Å². The van der Waals surface area contributed by atoms with Crippen LogP contribution in [0.15, 0.2) is 35.3 Å². The Balaban J connectivity index is 2.47. The summed E-state index contributed by atoms with van der Waals surface area (Å²) in [6.07, 6.45) is 1.71. The fourth-order valence-corrected chi connectivity index (χ4v) is 1.88. The van der Waals surface area contributed by atoms with Crippen LogP contribution in [0, 0.1) is 0 Å². The molecule has 2 aromatic rings. The number of hydrogen-bond donors (Lipinski definition) is 1. The minimum Gasteiger partial charge on any atom is -0.383 e. The molecular formula is C14H18N4O2. The molecule has 0 aliphatic carbocycles. The van der Waals surface area contributed by atoms with Crippen LogP contribution in [0.1, 0.15) is 5.56 Å². The molecule has 106 valence electrons. The van der Waals surface area contributed by atoms with Gasteiger partial charge in [0, 0.05) is 25.4 Å². The Labute approximate surface area is 117 Å². The van der Waals surface area contributed by atoms with Gasteiger partial charge in [-0.05, 0) is 25.2 Å². The van der Waals surface area contributed by atoms with E-state index in [2.05, 4.69) is 15.4 Å². The molecule has 2 aromatic heterocycles. The largest absolute Gasteiger partial charge is 0.383 e. The molecule has 2 heterocycles. The standard InChI is InChI=1S/C14H18N4O2/c1-15-10-11-9-13(12-5-3-4-6-16-12)17-18(14(11)19)7-8-20-2/h3-6,9,15H,7-8,10H2,1-2H3. The van der Waals surface area contributed by atoms with Crippen molar-refractivity contribution in [2.45, 2.75) is 13.1 Å². The molecule has 0 radical (unpaired) electrons. The maximum atomic E-state index is 12.2. The average molecular weight is 274 g/mol. The van der Waals surface area contributed by atoms with Crippen molar-refractivity contribution in [3.63, 3.8) is 0 Å². The summed E-state index contributed by atoms with van der Waals surface area (Å²) in [5, 5.41) is 7.35. The van der Waals surface area contributed by atoms with Gasteiger partial charge in [0.05, 0.1) is 18.8 Å². The zero-order valence-corrected chi connectivity index (χ0v) is 11.7. The number of nitrogens with zero attached hydrogens (tertiary/aromatic N) is 3. The van der Waals surface area contributed by atoms with Crippen molar-refractivity contribution in [2.75, 3.05) is 20.8 Å². The monoisotopic (exact) mass is 274 g/mol. The topological polar surface area (TPSA) is 69.0 Å². The van der Waals surface area contributed by atoms with Crippen LogP contribution in [-0.4, -0.2) is 35.5 Å². The van der Waals surface area contributed by atoms with Crippen LogP contribution in [0.25, 0.3) is 11.4 Å². The summed E-state index contributed by atoms with van der Waals surface area (Å²) in [4.78, 5) is 16.5. The molecule has 0 bridgehead atoms. The molecule has 2 rings (SSSR count). The van der Waals surface area contributed by atoms with Gasteiger partial charge in [0.15, 0.2) is 0 Å². The molecule has 0 aromatic carbocycles. The number of hydrogen-bond acceptors (Lipinski definition) is 5. The van der Waals surface area contributed by atoms with Crippen molar-refractivity contribution in [1.29, 1.82) is 0 Å². The lowest BCUT2D eigenvalue weighted by molar-refractivity contribution is 0.182. The van der Waals surface area contributed by atoms with Crippen LogP contribution in [0.4, 0.5) is 0 Å². The van der Waals surface area contributed by atoms with Crippen LogP contribution in [0.3, 0.4) is 0 Å². The predicted molar refractivity (Wildman–Crippen MR) is 76.4 cm³/mol. The lowest BCUT2D eigenvalue weighted by Gasteiger charge is -2.10. The first kappa shape index (κ1) is 14.4. The fraction of sp³-hybridized carbons (Fsp3) is 0.357. The summed E-state index contributed by atoms with van der Waals surface area (Å²) < 4.78 is 6.45. The molecule has 6 nitrogen and oxygen atoms in total. The highest BCUT2D eigenvalue weighted by Gasteiger charge is 2.10. The smallest absolute Gasteiger partial charge is 0.271 e. The third-order valence-corrected chi connectivity index (χ3v) is 2.85. The maximum Gasteiger partial charge on any atom is 0.271 e. The molecular weight excluding hydrogens is 256 g/mol. The van der Waals surface area contributed by atoms with Crippen molar-refractivity contribution in [3.05, 3.63) is 46.4 Å². The summed E-state index contributed by atoms with van der Waals surface area (Å²) in [6, 6.07) is 7.40. The third kappa shape index (κ3) is 3.28. The van der Waals surface area contributed by atoms with Gasteiger partial charge in [-0.15, -0.1) is 0 Å². The van der Waals surface area contributed by atoms with Gasteiger partial charge in [-0.3, -0.25) is 9.78 Å². The average Bonchev–Trinajstić information content (AvgIpc) is 2.49. The fourth-order valence-electron chi connectivity index (χ4n) is 1.88. The van der Waals surface area contributed by atoms with Crippen molar-refractivity contribution >= 4 is 0 Å². The third-order valence-electron chi connectivity index (χ3n) is 2.85. The van der Waals surface area contributed by atoms with E-state index in [1.165, 1.54) is 4.68 Å². The number of rotatable bonds is 6. The molecule has 6 heteroatoms. The molecule has 0 saturated carbocycles. The number of nitrogens with one attached hydrogen (secondary N) is 1. The summed E-state index contributed by atoms with van der Waals surface area (Å²) in [5.41, 5.74) is 2.00. The first-order valence-corrected chi connectivity index (χ1v) is 6.42. The first-order chi connectivity index (χ1) is 9.76. The van der Waals surface area contributed by atoms with Gasteiger partial charge in [-0.25, -0.2) is 4.68 Å². The van der Waals surface area contributed by atoms with Crippen molar-refractivity contribution in [3.8, 4) is 11.4 Å². The van der Waals surface area contributed by atoms with E-state index in [0.29, 0.717) is 31.0 Å². The van der Waals surface area contributed by atoms with E-state index in [4.69, 9.17) is 4.74 Å². The Kier molecular flexibility index (Phi) is 4.97. The number of methoxy groups -OCH3 is 1. The summed E-state index contributed by atoms with van der Waals surface area (Å²) in [6.45, 7) is 1.36. The van der Waals surface area contributed by atoms with Crippen LogP contribution in [0.2, 0.25) is 0 Å². The van der Waals surface area contributed by atoms with Crippen molar-refractivity contribution in [2.24, 2.45) is 0 Å². The zero-order chi connectivity index (χ0) is 14.4. The maximum absolute atomic E-state index is 12.2. The molecule has 0 fully saturated rings.